The Labute approximate surface area is 222 Å². The minimum Gasteiger partial charge on any atom is -0.479 e. The highest BCUT2D eigenvalue weighted by Gasteiger charge is 2.56. The zero-order chi connectivity index (χ0) is 27.0. The molecule has 6 atom stereocenters. The van der Waals surface area contributed by atoms with Gasteiger partial charge in [0.1, 0.15) is 12.2 Å². The highest BCUT2D eigenvalue weighted by molar-refractivity contribution is 6.28. The monoisotopic (exact) mass is 543 g/mol. The molecule has 3 aromatic rings. The normalized spacial score (nSPS) is 28.0. The van der Waals surface area contributed by atoms with Crippen LogP contribution in [0.2, 0.25) is 5.28 Å². The summed E-state index contributed by atoms with van der Waals surface area (Å²) >= 11 is 6.19. The van der Waals surface area contributed by atoms with Crippen molar-refractivity contribution in [1.82, 2.24) is 19.5 Å². The fourth-order valence-electron chi connectivity index (χ4n) is 4.78. The number of ether oxygens (including phenoxy) is 2. The zero-order valence-electron chi connectivity index (χ0n) is 20.1. The molecule has 0 bridgehead atoms. The molecule has 12 nitrogen and oxygen atoms in total. The molecule has 5 rings (SSSR count). The van der Waals surface area contributed by atoms with Crippen molar-refractivity contribution in [2.24, 2.45) is 0 Å². The molecule has 4 N–H and O–H groups in total. The Morgan fingerprint density at radius 3 is 2.74 bits per heavy atom. The summed E-state index contributed by atoms with van der Waals surface area (Å²) < 4.78 is 12.9. The van der Waals surface area contributed by atoms with Gasteiger partial charge in [-0.2, -0.15) is 9.97 Å². The first-order chi connectivity index (χ1) is 18.2. The fraction of sp³-hybridized carbons (Fsp3) is 0.440. The van der Waals surface area contributed by atoms with E-state index in [0.29, 0.717) is 30.8 Å². The summed E-state index contributed by atoms with van der Waals surface area (Å²) in [5, 5.41) is 41.7. The Hall–Kier alpha value is -3.31. The third-order valence-electron chi connectivity index (χ3n) is 6.85. The van der Waals surface area contributed by atoms with Gasteiger partial charge in [0.2, 0.25) is 5.28 Å². The van der Waals surface area contributed by atoms with Crippen LogP contribution in [0.5, 0.6) is 0 Å². The number of aromatic nitrogens is 4. The number of terminal acetylenes is 1. The van der Waals surface area contributed by atoms with E-state index in [2.05, 4.69) is 20.9 Å². The number of imidazole rings is 1. The van der Waals surface area contributed by atoms with Crippen LogP contribution in [-0.2, 0) is 20.7 Å². The van der Waals surface area contributed by atoms with Crippen molar-refractivity contribution < 1.29 is 34.7 Å². The molecule has 2 aliphatic rings. The Bertz CT molecular complexity index is 1370. The van der Waals surface area contributed by atoms with E-state index in [9.17, 15) is 25.2 Å². The second kappa shape index (κ2) is 10.5. The van der Waals surface area contributed by atoms with Gasteiger partial charge < -0.3 is 34.8 Å². The average Bonchev–Trinajstić information content (AvgIpc) is 3.59. The van der Waals surface area contributed by atoms with Gasteiger partial charge in [-0.25, -0.2) is 9.78 Å². The van der Waals surface area contributed by atoms with Gasteiger partial charge in [0.15, 0.2) is 34.9 Å². The summed E-state index contributed by atoms with van der Waals surface area (Å²) in [6.07, 6.45) is 1.70. The number of carboxylic acids is 1. The number of β-amino-alcohol motifs (C(OH)–C–C–N with tert-alkyl or cyclic N) is 1. The number of nitrogens with zero attached hydrogens (tertiary/aromatic N) is 5. The van der Waals surface area contributed by atoms with Gasteiger partial charge in [0.05, 0.1) is 19.0 Å². The lowest BCUT2D eigenvalue weighted by Crippen LogP contribution is -2.48. The quantitative estimate of drug-likeness (QED) is 0.229. The van der Waals surface area contributed by atoms with Crippen molar-refractivity contribution in [2.75, 3.05) is 24.6 Å². The van der Waals surface area contributed by atoms with Crippen LogP contribution in [0.1, 0.15) is 18.2 Å². The van der Waals surface area contributed by atoms with Gasteiger partial charge >= 0.3 is 5.97 Å². The van der Waals surface area contributed by atoms with Gasteiger partial charge in [0, 0.05) is 19.5 Å². The van der Waals surface area contributed by atoms with Crippen LogP contribution in [0.15, 0.2) is 36.7 Å². The first-order valence-corrected chi connectivity index (χ1v) is 12.3. The van der Waals surface area contributed by atoms with Crippen LogP contribution >= 0.6 is 11.6 Å². The summed E-state index contributed by atoms with van der Waals surface area (Å²) in [7, 11) is 0. The molecule has 0 saturated carbocycles. The maximum absolute atomic E-state index is 11.8. The van der Waals surface area contributed by atoms with Gasteiger partial charge in [-0.3, -0.25) is 4.57 Å². The SMILES string of the molecule is C#C[C@@]1(O)[C@@H](COC(Cc2ccccc2)C(=O)O)O[C@@H](n2cnc3c(N4CC[C@H](O)C4)nc(Cl)nc32)[C@@H]1O. The van der Waals surface area contributed by atoms with Crippen molar-refractivity contribution in [3.63, 3.8) is 0 Å². The minimum absolute atomic E-state index is 0.0823. The van der Waals surface area contributed by atoms with Crippen molar-refractivity contribution in [1.29, 1.82) is 0 Å². The van der Waals surface area contributed by atoms with Crippen molar-refractivity contribution >= 4 is 34.6 Å². The molecular formula is C25H26ClN5O7. The maximum atomic E-state index is 11.8. The number of hydrogen-bond donors (Lipinski definition) is 4. The number of rotatable bonds is 8. The second-order valence-electron chi connectivity index (χ2n) is 9.31. The minimum atomic E-state index is -2.20. The van der Waals surface area contributed by atoms with Gasteiger partial charge in [-0.1, -0.05) is 36.3 Å². The number of hydrogen-bond acceptors (Lipinski definition) is 10. The molecule has 38 heavy (non-hydrogen) atoms. The summed E-state index contributed by atoms with van der Waals surface area (Å²) in [5.41, 5.74) is -0.869. The van der Waals surface area contributed by atoms with E-state index >= 15 is 0 Å². The van der Waals surface area contributed by atoms with Crippen LogP contribution in [-0.4, -0.2) is 95.6 Å². The lowest BCUT2D eigenvalue weighted by atomic mass is 9.93. The smallest absolute Gasteiger partial charge is 0.333 e. The molecule has 4 heterocycles. The van der Waals surface area contributed by atoms with E-state index < -0.39 is 48.8 Å². The highest BCUT2D eigenvalue weighted by atomic mass is 35.5. The van der Waals surface area contributed by atoms with Gasteiger partial charge in [0.25, 0.3) is 0 Å². The number of halogens is 1. The number of benzene rings is 1. The molecule has 1 aromatic carbocycles. The van der Waals surface area contributed by atoms with Gasteiger partial charge in [-0.05, 0) is 23.6 Å². The fourth-order valence-corrected chi connectivity index (χ4v) is 4.94. The first kappa shape index (κ1) is 26.3. The summed E-state index contributed by atoms with van der Waals surface area (Å²) in [6.45, 7) is 0.488. The third kappa shape index (κ3) is 4.80. The molecule has 0 aliphatic carbocycles. The summed E-state index contributed by atoms with van der Waals surface area (Å²) in [6, 6.07) is 8.94. The van der Waals surface area contributed by atoms with E-state index in [1.807, 2.05) is 11.0 Å². The lowest BCUT2D eigenvalue weighted by Gasteiger charge is -2.26. The molecule has 13 heteroatoms. The van der Waals surface area contributed by atoms with Crippen LogP contribution < -0.4 is 4.90 Å². The van der Waals surface area contributed by atoms with Crippen molar-refractivity contribution in [3.05, 3.63) is 47.5 Å². The van der Waals surface area contributed by atoms with E-state index in [1.165, 1.54) is 10.9 Å². The molecule has 2 fully saturated rings. The van der Waals surface area contributed by atoms with Gasteiger partial charge in [-0.15, -0.1) is 6.42 Å². The second-order valence-corrected chi connectivity index (χ2v) is 9.65. The molecule has 0 amide bonds. The molecular weight excluding hydrogens is 518 g/mol. The van der Waals surface area contributed by atoms with E-state index in [-0.39, 0.29) is 17.4 Å². The topological polar surface area (TPSA) is 163 Å². The number of carboxylic acid groups (broad SMARTS) is 1. The van der Waals surface area contributed by atoms with Crippen molar-refractivity contribution in [2.45, 2.75) is 49.1 Å². The Kier molecular flexibility index (Phi) is 7.23. The standard InChI is InChI=1S/C25H26ClN5O7/c1-2-25(36)17(12-37-16(23(34)35)10-14-6-4-3-5-7-14)38-22(19(25)33)31-13-27-18-20(28-24(26)29-21(18)31)30-9-8-15(32)11-30/h1,3-7,13,15-17,19,22,32-33,36H,8-12H2,(H,34,35)/t15-,16?,17+,19-,22+,25+/m0/s1. The molecule has 1 unspecified atom stereocenters. The maximum Gasteiger partial charge on any atom is 0.333 e. The summed E-state index contributed by atoms with van der Waals surface area (Å²) in [5.74, 6) is 1.40. The lowest BCUT2D eigenvalue weighted by molar-refractivity contribution is -0.156. The van der Waals surface area contributed by atoms with Crippen LogP contribution in [0, 0.1) is 12.3 Å². The number of aliphatic hydroxyl groups is 3. The third-order valence-corrected chi connectivity index (χ3v) is 7.02. The molecule has 2 aromatic heterocycles. The number of anilines is 1. The van der Waals surface area contributed by atoms with Crippen LogP contribution in [0.4, 0.5) is 5.82 Å². The van der Waals surface area contributed by atoms with E-state index in [1.54, 1.807) is 24.3 Å². The van der Waals surface area contributed by atoms with Crippen LogP contribution in [0.25, 0.3) is 11.2 Å². The molecule has 0 spiro atoms. The molecule has 200 valence electrons. The Morgan fingerprint density at radius 2 is 2.08 bits per heavy atom. The predicted octanol–water partition coefficient (Wildman–Crippen LogP) is 0.386. The molecule has 2 saturated heterocycles. The largest absolute Gasteiger partial charge is 0.479 e. The van der Waals surface area contributed by atoms with E-state index in [4.69, 9.17) is 27.5 Å². The average molecular weight is 544 g/mol. The predicted molar refractivity (Wildman–Crippen MR) is 134 cm³/mol. The number of carbonyl (C=O) groups is 1. The Morgan fingerprint density at radius 1 is 1.32 bits per heavy atom. The number of fused-ring (bicyclic) bond motifs is 1. The molecule has 2 aliphatic heterocycles. The highest BCUT2D eigenvalue weighted by Crippen LogP contribution is 2.39. The number of aliphatic hydroxyl groups excluding tert-OH is 2. The van der Waals surface area contributed by atoms with E-state index in [0.717, 1.165) is 5.56 Å². The van der Waals surface area contributed by atoms with Crippen molar-refractivity contribution in [3.8, 4) is 12.3 Å². The summed E-state index contributed by atoms with van der Waals surface area (Å²) in [4.78, 5) is 26.5. The zero-order valence-corrected chi connectivity index (χ0v) is 20.8. The first-order valence-electron chi connectivity index (χ1n) is 12.0. The molecule has 0 radical (unpaired) electrons. The Balaban J connectivity index is 1.40. The van der Waals surface area contributed by atoms with Crippen LogP contribution in [0.3, 0.4) is 0 Å². The number of aliphatic carboxylic acids is 1.